The number of nitrogens with zero attached hydrogens (tertiary/aromatic N) is 2. The molecule has 8 heteroatoms. The molecule has 5 rings (SSSR count). The van der Waals surface area contributed by atoms with Crippen molar-refractivity contribution in [2.24, 2.45) is 11.8 Å². The third-order valence-corrected chi connectivity index (χ3v) is 10.7. The summed E-state index contributed by atoms with van der Waals surface area (Å²) in [6.45, 7) is 7.05. The number of thioether (sulfide) groups is 1. The molecular formula is C27H49N5O2S. The molecule has 35 heavy (non-hydrogen) atoms. The summed E-state index contributed by atoms with van der Waals surface area (Å²) in [5, 5.41) is 8.12. The van der Waals surface area contributed by atoms with Gasteiger partial charge in [0, 0.05) is 49.6 Å². The second-order valence-electron chi connectivity index (χ2n) is 11.7. The number of carbonyl (C=O) groups is 1. The summed E-state index contributed by atoms with van der Waals surface area (Å²) in [7, 11) is 0. The van der Waals surface area contributed by atoms with E-state index in [9.17, 15) is 4.79 Å². The topological polar surface area (TPSA) is 68.9 Å². The third-order valence-electron chi connectivity index (χ3n) is 9.20. The molecule has 7 nitrogen and oxygen atoms in total. The maximum Gasteiger partial charge on any atom is 0.222 e. The molecular weight excluding hydrogens is 458 g/mol. The lowest BCUT2D eigenvalue weighted by Crippen LogP contribution is -2.57. The first-order chi connectivity index (χ1) is 17.2. The van der Waals surface area contributed by atoms with Gasteiger partial charge in [0.25, 0.3) is 0 Å². The van der Waals surface area contributed by atoms with E-state index in [1.165, 1.54) is 51.4 Å². The molecule has 5 aliphatic rings. The van der Waals surface area contributed by atoms with Crippen molar-refractivity contribution < 1.29 is 9.63 Å². The monoisotopic (exact) mass is 507 g/mol. The lowest BCUT2D eigenvalue weighted by Gasteiger charge is -2.42. The van der Waals surface area contributed by atoms with Gasteiger partial charge in [-0.2, -0.15) is 17.2 Å². The van der Waals surface area contributed by atoms with Crippen LogP contribution in [0.3, 0.4) is 0 Å². The van der Waals surface area contributed by atoms with Gasteiger partial charge in [0.2, 0.25) is 5.91 Å². The molecule has 5 atom stereocenters. The zero-order valence-electron chi connectivity index (χ0n) is 21.7. The molecule has 4 aliphatic heterocycles. The predicted molar refractivity (Wildman–Crippen MR) is 143 cm³/mol. The standard InChI is InChI=1S/C27H49N5O2S/c33-27(32-14-12-31(13-15-32)26-8-4-5-10-29-26)17-21-9-11-28-19-22(21)16-23-18-24(34-30-23)20-35-25-6-2-1-3-7-25/h21-26,28-30H,1-20H2. The summed E-state index contributed by atoms with van der Waals surface area (Å²) in [6.07, 6.45) is 15.9. The number of piperazine rings is 1. The van der Waals surface area contributed by atoms with Crippen LogP contribution in [0.1, 0.15) is 77.0 Å². The molecule has 0 bridgehead atoms. The number of hydroxylamine groups is 1. The Morgan fingerprint density at radius 2 is 1.74 bits per heavy atom. The van der Waals surface area contributed by atoms with Crippen molar-refractivity contribution in [1.29, 1.82) is 0 Å². The molecule has 5 fully saturated rings. The maximum atomic E-state index is 13.2. The molecule has 1 aliphatic carbocycles. The minimum absolute atomic E-state index is 0.346. The summed E-state index contributed by atoms with van der Waals surface area (Å²) in [4.78, 5) is 23.9. The first-order valence-electron chi connectivity index (χ1n) is 14.7. The third kappa shape index (κ3) is 7.57. The largest absolute Gasteiger partial charge is 0.340 e. The molecule has 200 valence electrons. The van der Waals surface area contributed by atoms with Crippen LogP contribution < -0.4 is 16.1 Å². The Morgan fingerprint density at radius 3 is 2.54 bits per heavy atom. The normalized spacial score (nSPS) is 35.9. The maximum absolute atomic E-state index is 13.2. The minimum atomic E-state index is 0.346. The summed E-state index contributed by atoms with van der Waals surface area (Å²) >= 11 is 2.14. The second kappa shape index (κ2) is 13.4. The molecule has 0 aromatic carbocycles. The van der Waals surface area contributed by atoms with Crippen LogP contribution in [0, 0.1) is 11.8 Å². The van der Waals surface area contributed by atoms with Crippen molar-refractivity contribution in [3.05, 3.63) is 0 Å². The highest BCUT2D eigenvalue weighted by molar-refractivity contribution is 7.99. The molecule has 4 heterocycles. The van der Waals surface area contributed by atoms with Gasteiger partial charge in [0.1, 0.15) is 0 Å². The lowest BCUT2D eigenvalue weighted by molar-refractivity contribution is -0.135. The van der Waals surface area contributed by atoms with Gasteiger partial charge in [0.15, 0.2) is 0 Å². The number of carbonyl (C=O) groups excluding carboxylic acids is 1. The molecule has 0 spiro atoms. The fourth-order valence-corrected chi connectivity index (χ4v) is 8.35. The van der Waals surface area contributed by atoms with E-state index in [4.69, 9.17) is 4.84 Å². The first kappa shape index (κ1) is 26.2. The van der Waals surface area contributed by atoms with Gasteiger partial charge < -0.3 is 15.5 Å². The molecule has 0 aromatic heterocycles. The lowest BCUT2D eigenvalue weighted by atomic mass is 9.79. The van der Waals surface area contributed by atoms with Crippen LogP contribution in [0.15, 0.2) is 0 Å². The second-order valence-corrected chi connectivity index (χ2v) is 13.1. The van der Waals surface area contributed by atoms with Crippen LogP contribution in [0.4, 0.5) is 0 Å². The first-order valence-corrected chi connectivity index (χ1v) is 15.8. The quantitative estimate of drug-likeness (QED) is 0.467. The molecule has 1 saturated carbocycles. The van der Waals surface area contributed by atoms with Crippen LogP contribution >= 0.6 is 11.8 Å². The van der Waals surface area contributed by atoms with Gasteiger partial charge in [-0.25, -0.2) is 0 Å². The zero-order chi connectivity index (χ0) is 23.9. The van der Waals surface area contributed by atoms with E-state index < -0.39 is 0 Å². The molecule has 1 amide bonds. The number of piperidine rings is 2. The van der Waals surface area contributed by atoms with Gasteiger partial charge in [-0.05, 0) is 82.8 Å². The molecule has 4 saturated heterocycles. The number of nitrogens with one attached hydrogen (secondary N) is 3. The van der Waals surface area contributed by atoms with E-state index >= 15 is 0 Å². The average Bonchev–Trinajstić information content (AvgIpc) is 3.37. The fourth-order valence-electron chi connectivity index (χ4n) is 7.00. The van der Waals surface area contributed by atoms with Gasteiger partial charge in [-0.3, -0.25) is 14.5 Å². The number of hydrogen-bond acceptors (Lipinski definition) is 7. The van der Waals surface area contributed by atoms with Crippen LogP contribution in [0.25, 0.3) is 0 Å². The highest BCUT2D eigenvalue weighted by Crippen LogP contribution is 2.33. The van der Waals surface area contributed by atoms with Crippen molar-refractivity contribution in [3.63, 3.8) is 0 Å². The highest BCUT2D eigenvalue weighted by Gasteiger charge is 2.35. The van der Waals surface area contributed by atoms with Crippen molar-refractivity contribution in [1.82, 2.24) is 25.9 Å². The highest BCUT2D eigenvalue weighted by atomic mass is 32.2. The van der Waals surface area contributed by atoms with Gasteiger partial charge >= 0.3 is 0 Å². The Bertz CT molecular complexity index is 649. The Hall–Kier alpha value is -0.380. The molecule has 0 radical (unpaired) electrons. The van der Waals surface area contributed by atoms with Crippen LogP contribution in [-0.2, 0) is 9.63 Å². The summed E-state index contributed by atoms with van der Waals surface area (Å²) in [5.74, 6) is 2.57. The summed E-state index contributed by atoms with van der Waals surface area (Å²) in [6, 6.07) is 0.431. The Kier molecular flexibility index (Phi) is 10.1. The van der Waals surface area contributed by atoms with Crippen molar-refractivity contribution in [2.75, 3.05) is 51.6 Å². The Labute approximate surface area is 217 Å². The molecule has 3 N–H and O–H groups in total. The average molecular weight is 508 g/mol. The summed E-state index contributed by atoms with van der Waals surface area (Å²) in [5.41, 5.74) is 3.37. The number of rotatable bonds is 8. The predicted octanol–water partition coefficient (Wildman–Crippen LogP) is 2.96. The van der Waals surface area contributed by atoms with Gasteiger partial charge in [-0.15, -0.1) is 0 Å². The van der Waals surface area contributed by atoms with Crippen molar-refractivity contribution >= 4 is 17.7 Å². The smallest absolute Gasteiger partial charge is 0.222 e. The minimum Gasteiger partial charge on any atom is -0.340 e. The van der Waals surface area contributed by atoms with Gasteiger partial charge in [0.05, 0.1) is 12.3 Å². The Morgan fingerprint density at radius 1 is 0.914 bits per heavy atom. The van der Waals surface area contributed by atoms with E-state index in [1.807, 2.05) is 0 Å². The van der Waals surface area contributed by atoms with Crippen molar-refractivity contribution in [2.45, 2.75) is 101 Å². The van der Waals surface area contributed by atoms with Crippen LogP contribution in [-0.4, -0.2) is 90.8 Å². The summed E-state index contributed by atoms with van der Waals surface area (Å²) < 4.78 is 0. The van der Waals surface area contributed by atoms with E-state index in [2.05, 4.69) is 37.7 Å². The number of hydrogen-bond donors (Lipinski definition) is 3. The zero-order valence-corrected chi connectivity index (χ0v) is 22.5. The Balaban J connectivity index is 1.03. The van der Waals surface area contributed by atoms with Gasteiger partial charge in [-0.1, -0.05) is 19.3 Å². The van der Waals surface area contributed by atoms with E-state index in [-0.39, 0.29) is 0 Å². The van der Waals surface area contributed by atoms with Crippen LogP contribution in [0.5, 0.6) is 0 Å². The van der Waals surface area contributed by atoms with Crippen molar-refractivity contribution in [3.8, 4) is 0 Å². The van der Waals surface area contributed by atoms with E-state index in [0.717, 1.165) is 82.5 Å². The van der Waals surface area contributed by atoms with E-state index in [1.54, 1.807) is 0 Å². The van der Waals surface area contributed by atoms with E-state index in [0.29, 0.717) is 36.1 Å². The SMILES string of the molecule is O=C(CC1CCNCC1CC1CC(CSC2CCCCC2)ON1)N1CCN(C2CCCCN2)CC1. The molecule has 0 aromatic rings. The number of amides is 1. The fraction of sp³-hybridized carbons (Fsp3) is 0.963. The molecule has 5 unspecified atom stereocenters. The van der Waals surface area contributed by atoms with Crippen LogP contribution in [0.2, 0.25) is 0 Å².